The maximum atomic E-state index is 11.9. The Morgan fingerprint density at radius 2 is 2.05 bits per heavy atom. The van der Waals surface area contributed by atoms with Gasteiger partial charge in [0, 0.05) is 20.2 Å². The molecule has 1 saturated heterocycles. The summed E-state index contributed by atoms with van der Waals surface area (Å²) in [6.07, 6.45) is -0.913. The van der Waals surface area contributed by atoms with Gasteiger partial charge >= 0.3 is 6.09 Å². The summed E-state index contributed by atoms with van der Waals surface area (Å²) < 4.78 is 10.3. The fourth-order valence-corrected chi connectivity index (χ4v) is 2.08. The van der Waals surface area contributed by atoms with E-state index in [4.69, 9.17) is 9.47 Å². The van der Waals surface area contributed by atoms with Gasteiger partial charge in [-0.25, -0.2) is 4.79 Å². The summed E-state index contributed by atoms with van der Waals surface area (Å²) in [5.41, 5.74) is -0.512. The summed E-state index contributed by atoms with van der Waals surface area (Å²) in [5, 5.41) is 10.0. The molecule has 2 atom stereocenters. The lowest BCUT2D eigenvalue weighted by molar-refractivity contribution is 0.0269. The number of aliphatic hydroxyl groups is 1. The summed E-state index contributed by atoms with van der Waals surface area (Å²) >= 11 is 0. The normalized spacial score (nSPS) is 24.1. The largest absolute Gasteiger partial charge is 0.444 e. The zero-order valence-electron chi connectivity index (χ0n) is 12.5. The van der Waals surface area contributed by atoms with Crippen LogP contribution in [0.25, 0.3) is 0 Å². The Hall–Kier alpha value is -0.850. The molecule has 1 aliphatic rings. The van der Waals surface area contributed by atoms with Gasteiger partial charge < -0.3 is 19.5 Å². The number of nitrogens with zero attached hydrogens (tertiary/aromatic N) is 2. The van der Waals surface area contributed by atoms with E-state index in [-0.39, 0.29) is 12.1 Å². The van der Waals surface area contributed by atoms with Crippen LogP contribution in [0.4, 0.5) is 4.79 Å². The van der Waals surface area contributed by atoms with Gasteiger partial charge in [0.05, 0.1) is 25.3 Å². The molecule has 2 unspecified atom stereocenters. The minimum absolute atomic E-state index is 0.0670. The molecule has 0 aromatic carbocycles. The SMILES string of the molecule is COCCN(C)C1CN(C(=O)OC(C)(C)C)CC1O. The molecule has 1 N–H and O–H groups in total. The van der Waals surface area contributed by atoms with Gasteiger partial charge in [-0.15, -0.1) is 0 Å². The average molecular weight is 274 g/mol. The van der Waals surface area contributed by atoms with E-state index in [1.54, 1.807) is 12.0 Å². The van der Waals surface area contributed by atoms with Crippen molar-refractivity contribution in [2.45, 2.75) is 38.5 Å². The molecule has 0 radical (unpaired) electrons. The van der Waals surface area contributed by atoms with Gasteiger partial charge in [-0.2, -0.15) is 0 Å². The number of β-amino-alcohol motifs (C(OH)–C–C–N with tert-alkyl or cyclic N) is 1. The number of rotatable bonds is 4. The third-order valence-corrected chi connectivity index (χ3v) is 3.13. The van der Waals surface area contributed by atoms with E-state index in [0.717, 1.165) is 6.54 Å². The molecule has 6 heteroatoms. The monoisotopic (exact) mass is 274 g/mol. The molecular weight excluding hydrogens is 248 g/mol. The van der Waals surface area contributed by atoms with Crippen LogP contribution in [0.15, 0.2) is 0 Å². The Bertz CT molecular complexity index is 304. The molecule has 1 amide bonds. The Morgan fingerprint density at radius 1 is 1.42 bits per heavy atom. The van der Waals surface area contributed by atoms with Crippen molar-refractivity contribution < 1.29 is 19.4 Å². The Morgan fingerprint density at radius 3 is 2.58 bits per heavy atom. The summed E-state index contributed by atoms with van der Waals surface area (Å²) in [4.78, 5) is 15.5. The Labute approximate surface area is 115 Å². The Balaban J connectivity index is 2.52. The van der Waals surface area contributed by atoms with Crippen LogP contribution >= 0.6 is 0 Å². The fraction of sp³-hybridized carbons (Fsp3) is 0.923. The first-order valence-corrected chi connectivity index (χ1v) is 6.60. The highest BCUT2D eigenvalue weighted by Crippen LogP contribution is 2.18. The van der Waals surface area contributed by atoms with Gasteiger partial charge in [0.1, 0.15) is 5.60 Å². The van der Waals surface area contributed by atoms with Crippen molar-refractivity contribution in [3.63, 3.8) is 0 Å². The third kappa shape index (κ3) is 4.97. The van der Waals surface area contributed by atoms with E-state index in [1.807, 2.05) is 32.7 Å². The second kappa shape index (κ2) is 6.54. The summed E-state index contributed by atoms with van der Waals surface area (Å²) in [7, 11) is 3.57. The van der Waals surface area contributed by atoms with Gasteiger partial charge in [-0.05, 0) is 27.8 Å². The highest BCUT2D eigenvalue weighted by Gasteiger charge is 2.37. The first-order chi connectivity index (χ1) is 8.74. The minimum atomic E-state index is -0.547. The van der Waals surface area contributed by atoms with Crippen molar-refractivity contribution >= 4 is 6.09 Å². The lowest BCUT2D eigenvalue weighted by atomic mass is 10.2. The zero-order valence-corrected chi connectivity index (χ0v) is 12.5. The fourth-order valence-electron chi connectivity index (χ4n) is 2.08. The van der Waals surface area contributed by atoms with Crippen molar-refractivity contribution in [3.05, 3.63) is 0 Å². The van der Waals surface area contributed by atoms with E-state index >= 15 is 0 Å². The number of carbonyl (C=O) groups is 1. The predicted octanol–water partition coefficient (Wildman–Crippen LogP) is 0.545. The van der Waals surface area contributed by atoms with Crippen LogP contribution in [-0.4, -0.2) is 79.1 Å². The molecule has 1 fully saturated rings. The number of amides is 1. The molecule has 19 heavy (non-hydrogen) atoms. The highest BCUT2D eigenvalue weighted by atomic mass is 16.6. The van der Waals surface area contributed by atoms with Gasteiger partial charge in [-0.3, -0.25) is 4.90 Å². The number of likely N-dealkylation sites (N-methyl/N-ethyl adjacent to an activating group) is 1. The van der Waals surface area contributed by atoms with Crippen molar-refractivity contribution in [3.8, 4) is 0 Å². The van der Waals surface area contributed by atoms with Crippen LogP contribution in [0.2, 0.25) is 0 Å². The van der Waals surface area contributed by atoms with Gasteiger partial charge in [0.25, 0.3) is 0 Å². The number of hydrogen-bond acceptors (Lipinski definition) is 5. The quantitative estimate of drug-likeness (QED) is 0.811. The zero-order chi connectivity index (χ0) is 14.6. The van der Waals surface area contributed by atoms with E-state index in [0.29, 0.717) is 19.7 Å². The van der Waals surface area contributed by atoms with E-state index in [1.165, 1.54) is 0 Å². The lowest BCUT2D eigenvalue weighted by Gasteiger charge is -2.26. The minimum Gasteiger partial charge on any atom is -0.444 e. The number of likely N-dealkylation sites (tertiary alicyclic amines) is 1. The molecule has 6 nitrogen and oxygen atoms in total. The van der Waals surface area contributed by atoms with Crippen LogP contribution < -0.4 is 0 Å². The molecule has 1 rings (SSSR count). The summed E-state index contributed by atoms with van der Waals surface area (Å²) in [6.45, 7) is 7.62. The average Bonchev–Trinajstić information content (AvgIpc) is 2.66. The number of carbonyl (C=O) groups excluding carboxylic acids is 1. The maximum Gasteiger partial charge on any atom is 0.410 e. The number of methoxy groups -OCH3 is 1. The first kappa shape index (κ1) is 16.2. The standard InChI is InChI=1S/C13H26N2O4/c1-13(2,3)19-12(17)15-8-10(11(16)9-15)14(4)6-7-18-5/h10-11,16H,6-9H2,1-5H3. The molecule has 0 saturated carbocycles. The molecule has 0 aromatic rings. The van der Waals surface area contributed by atoms with Crippen molar-refractivity contribution in [2.24, 2.45) is 0 Å². The van der Waals surface area contributed by atoms with Crippen LogP contribution in [0.3, 0.4) is 0 Å². The maximum absolute atomic E-state index is 11.9. The van der Waals surface area contributed by atoms with Gasteiger partial charge in [0.2, 0.25) is 0 Å². The van der Waals surface area contributed by atoms with E-state index < -0.39 is 11.7 Å². The van der Waals surface area contributed by atoms with Crippen molar-refractivity contribution in [1.82, 2.24) is 9.80 Å². The van der Waals surface area contributed by atoms with Crippen LogP contribution in [0.1, 0.15) is 20.8 Å². The molecule has 0 bridgehead atoms. The number of hydrogen-bond donors (Lipinski definition) is 1. The topological polar surface area (TPSA) is 62.2 Å². The summed E-state index contributed by atoms with van der Waals surface area (Å²) in [5.74, 6) is 0. The van der Waals surface area contributed by atoms with Crippen molar-refractivity contribution in [1.29, 1.82) is 0 Å². The predicted molar refractivity (Wildman–Crippen MR) is 72.1 cm³/mol. The van der Waals surface area contributed by atoms with Crippen LogP contribution in [-0.2, 0) is 9.47 Å². The molecule has 1 aliphatic heterocycles. The number of ether oxygens (including phenoxy) is 2. The molecule has 0 aliphatic carbocycles. The van der Waals surface area contributed by atoms with Crippen LogP contribution in [0.5, 0.6) is 0 Å². The first-order valence-electron chi connectivity index (χ1n) is 6.60. The number of aliphatic hydroxyl groups excluding tert-OH is 1. The highest BCUT2D eigenvalue weighted by molar-refractivity contribution is 5.68. The smallest absolute Gasteiger partial charge is 0.410 e. The van der Waals surface area contributed by atoms with E-state index in [9.17, 15) is 9.90 Å². The molecule has 112 valence electrons. The van der Waals surface area contributed by atoms with Crippen molar-refractivity contribution in [2.75, 3.05) is 40.4 Å². The molecule has 0 aromatic heterocycles. The molecular formula is C13H26N2O4. The third-order valence-electron chi connectivity index (χ3n) is 3.13. The van der Waals surface area contributed by atoms with Crippen LogP contribution in [0, 0.1) is 0 Å². The second-order valence-electron chi connectivity index (χ2n) is 5.99. The Kier molecular flexibility index (Phi) is 5.58. The summed E-state index contributed by atoms with van der Waals surface area (Å²) in [6, 6.07) is -0.0670. The van der Waals surface area contributed by atoms with Gasteiger partial charge in [-0.1, -0.05) is 0 Å². The van der Waals surface area contributed by atoms with E-state index in [2.05, 4.69) is 0 Å². The van der Waals surface area contributed by atoms with Gasteiger partial charge in [0.15, 0.2) is 0 Å². The molecule has 0 spiro atoms. The lowest BCUT2D eigenvalue weighted by Crippen LogP contribution is -2.42. The molecule has 1 heterocycles. The second-order valence-corrected chi connectivity index (χ2v) is 5.99.